The zero-order chi connectivity index (χ0) is 18.2. The number of nitrogens with one attached hydrogen (secondary N) is 1. The molecule has 0 spiro atoms. The highest BCUT2D eigenvalue weighted by atomic mass is 127. The Hall–Kier alpha value is -2.07. The number of rotatable bonds is 7. The Bertz CT molecular complexity index is 756. The number of nitrogens with zero attached hydrogens (tertiary/aromatic N) is 1. The normalized spacial score (nSPS) is 10.8. The topological polar surface area (TPSA) is 78.1 Å². The number of aliphatic imine (C=N–C) groups is 1. The van der Waals surface area contributed by atoms with Crippen molar-refractivity contribution in [1.29, 1.82) is 0 Å². The molecule has 0 aliphatic rings. The van der Waals surface area contributed by atoms with E-state index in [2.05, 4.69) is 10.3 Å². The van der Waals surface area contributed by atoms with Gasteiger partial charge in [-0.3, -0.25) is 0 Å². The molecule has 0 heterocycles. The fourth-order valence-electron chi connectivity index (χ4n) is 2.27. The molecule has 0 aliphatic carbocycles. The number of hydrogen-bond donors (Lipinski definition) is 2. The minimum absolute atomic E-state index is 0. The van der Waals surface area contributed by atoms with Gasteiger partial charge in [-0.2, -0.15) is 0 Å². The van der Waals surface area contributed by atoms with Gasteiger partial charge in [0, 0.05) is 24.4 Å². The van der Waals surface area contributed by atoms with E-state index in [9.17, 15) is 4.39 Å². The lowest BCUT2D eigenvalue weighted by Crippen LogP contribution is -2.22. The van der Waals surface area contributed by atoms with Gasteiger partial charge in [-0.05, 0) is 29.8 Å². The summed E-state index contributed by atoms with van der Waals surface area (Å²) in [5.41, 5.74) is 7.96. The van der Waals surface area contributed by atoms with Crippen LogP contribution in [0.25, 0.3) is 0 Å². The molecule has 8 heteroatoms. The second-order valence-electron chi connectivity index (χ2n) is 5.26. The van der Waals surface area contributed by atoms with Crippen LogP contribution >= 0.6 is 24.0 Å². The molecule has 2 aromatic rings. The van der Waals surface area contributed by atoms with Crippen LogP contribution in [0.1, 0.15) is 11.1 Å². The molecule has 0 atom stereocenters. The summed E-state index contributed by atoms with van der Waals surface area (Å²) < 4.78 is 29.0. The van der Waals surface area contributed by atoms with Crippen LogP contribution in [0.4, 0.5) is 10.1 Å². The van der Waals surface area contributed by atoms with Gasteiger partial charge in [-0.25, -0.2) is 9.38 Å². The molecule has 0 aromatic heterocycles. The first-order chi connectivity index (χ1) is 12.1. The Balaban J connectivity index is 0.00000338. The number of benzene rings is 2. The summed E-state index contributed by atoms with van der Waals surface area (Å²) in [6, 6.07) is 10.1. The summed E-state index contributed by atoms with van der Waals surface area (Å²) >= 11 is 0. The molecule has 0 unspecified atom stereocenters. The molecule has 26 heavy (non-hydrogen) atoms. The lowest BCUT2D eigenvalue weighted by Gasteiger charge is -2.11. The van der Waals surface area contributed by atoms with Gasteiger partial charge < -0.3 is 25.3 Å². The summed E-state index contributed by atoms with van der Waals surface area (Å²) in [5, 5.41) is 2.98. The number of guanidine groups is 1. The van der Waals surface area contributed by atoms with Gasteiger partial charge in [0.25, 0.3) is 0 Å². The maximum atomic E-state index is 13.6. The zero-order valence-electron chi connectivity index (χ0n) is 14.9. The number of hydrogen-bond acceptors (Lipinski definition) is 4. The number of methoxy groups -OCH3 is 3. The van der Waals surface area contributed by atoms with Gasteiger partial charge >= 0.3 is 0 Å². The van der Waals surface area contributed by atoms with Crippen LogP contribution in [0.2, 0.25) is 0 Å². The van der Waals surface area contributed by atoms with Crippen molar-refractivity contribution >= 4 is 35.6 Å². The molecular weight excluding hydrogens is 452 g/mol. The summed E-state index contributed by atoms with van der Waals surface area (Å²) in [6.07, 6.45) is 0. The first-order valence-corrected chi connectivity index (χ1v) is 7.62. The van der Waals surface area contributed by atoms with Gasteiger partial charge in [0.2, 0.25) is 0 Å². The Morgan fingerprint density at radius 3 is 2.46 bits per heavy atom. The van der Waals surface area contributed by atoms with E-state index in [-0.39, 0.29) is 42.4 Å². The van der Waals surface area contributed by atoms with E-state index < -0.39 is 0 Å². The largest absolute Gasteiger partial charge is 0.493 e. The van der Waals surface area contributed by atoms with E-state index in [0.29, 0.717) is 23.6 Å². The summed E-state index contributed by atoms with van der Waals surface area (Å²) in [7, 11) is 4.65. The Kier molecular flexibility index (Phi) is 9.14. The third-order valence-electron chi connectivity index (χ3n) is 3.50. The first kappa shape index (κ1) is 22.0. The van der Waals surface area contributed by atoms with Crippen molar-refractivity contribution in [3.8, 4) is 11.5 Å². The molecule has 2 rings (SSSR count). The average molecular weight is 475 g/mol. The monoisotopic (exact) mass is 475 g/mol. The SMILES string of the molecule is COCc1cc(CN=C(N)Nc2ccc(OC)c(OC)c2)ccc1F.I. The van der Waals surface area contributed by atoms with Crippen LogP contribution in [0.15, 0.2) is 41.4 Å². The average Bonchev–Trinajstić information content (AvgIpc) is 2.62. The molecule has 0 saturated heterocycles. The maximum absolute atomic E-state index is 13.6. The van der Waals surface area contributed by atoms with Crippen molar-refractivity contribution in [2.45, 2.75) is 13.2 Å². The van der Waals surface area contributed by atoms with Crippen molar-refractivity contribution in [1.82, 2.24) is 0 Å². The highest BCUT2D eigenvalue weighted by Gasteiger charge is 2.06. The third-order valence-corrected chi connectivity index (χ3v) is 3.50. The fourth-order valence-corrected chi connectivity index (χ4v) is 2.27. The standard InChI is InChI=1S/C18H22FN3O3.HI/c1-23-11-13-8-12(4-6-15(13)19)10-21-18(20)22-14-5-7-16(24-2)17(9-14)25-3;/h4-9H,10-11H2,1-3H3,(H3,20,21,22);1H. The third kappa shape index (κ3) is 6.03. The van der Waals surface area contributed by atoms with Gasteiger partial charge in [-0.15, -0.1) is 24.0 Å². The number of ether oxygens (including phenoxy) is 3. The number of anilines is 1. The second-order valence-corrected chi connectivity index (χ2v) is 5.26. The molecule has 142 valence electrons. The van der Waals surface area contributed by atoms with Crippen LogP contribution in [0.3, 0.4) is 0 Å². The molecule has 6 nitrogen and oxygen atoms in total. The van der Waals surface area contributed by atoms with Crippen LogP contribution in [0, 0.1) is 5.82 Å². The van der Waals surface area contributed by atoms with Crippen molar-refractivity contribution in [2.24, 2.45) is 10.7 Å². The first-order valence-electron chi connectivity index (χ1n) is 7.62. The summed E-state index contributed by atoms with van der Waals surface area (Å²) in [5.74, 6) is 1.15. The highest BCUT2D eigenvalue weighted by Crippen LogP contribution is 2.29. The van der Waals surface area contributed by atoms with Crippen LogP contribution in [0.5, 0.6) is 11.5 Å². The quantitative estimate of drug-likeness (QED) is 0.364. The minimum Gasteiger partial charge on any atom is -0.493 e. The van der Waals surface area contributed by atoms with Crippen molar-refractivity contribution in [2.75, 3.05) is 26.6 Å². The Labute approximate surface area is 169 Å². The van der Waals surface area contributed by atoms with Gasteiger partial charge in [0.1, 0.15) is 5.82 Å². The second kappa shape index (κ2) is 10.8. The van der Waals surface area contributed by atoms with E-state index in [1.54, 1.807) is 44.6 Å². The predicted molar refractivity (Wildman–Crippen MR) is 111 cm³/mol. The van der Waals surface area contributed by atoms with E-state index >= 15 is 0 Å². The molecule has 3 N–H and O–H groups in total. The highest BCUT2D eigenvalue weighted by molar-refractivity contribution is 14.0. The van der Waals surface area contributed by atoms with Crippen molar-refractivity contribution in [3.63, 3.8) is 0 Å². The molecule has 2 aromatic carbocycles. The van der Waals surface area contributed by atoms with Crippen molar-refractivity contribution < 1.29 is 18.6 Å². The van der Waals surface area contributed by atoms with Crippen LogP contribution in [-0.4, -0.2) is 27.3 Å². The molecule has 0 fully saturated rings. The van der Waals surface area contributed by atoms with E-state index in [1.165, 1.54) is 13.2 Å². The minimum atomic E-state index is -0.300. The predicted octanol–water partition coefficient (Wildman–Crippen LogP) is 3.53. The molecule has 0 aliphatic heterocycles. The number of nitrogens with two attached hydrogens (primary N) is 1. The molecule has 0 radical (unpaired) electrons. The maximum Gasteiger partial charge on any atom is 0.193 e. The Morgan fingerprint density at radius 1 is 1.08 bits per heavy atom. The van der Waals surface area contributed by atoms with Gasteiger partial charge in [-0.1, -0.05) is 6.07 Å². The molecule has 0 saturated carbocycles. The lowest BCUT2D eigenvalue weighted by atomic mass is 10.1. The molecule has 0 amide bonds. The van der Waals surface area contributed by atoms with Gasteiger partial charge in [0.05, 0.1) is 27.4 Å². The summed E-state index contributed by atoms with van der Waals surface area (Å²) in [6.45, 7) is 0.534. The molecular formula is C18H23FIN3O3. The van der Waals surface area contributed by atoms with Crippen LogP contribution < -0.4 is 20.5 Å². The van der Waals surface area contributed by atoms with E-state index in [4.69, 9.17) is 19.9 Å². The fraction of sp³-hybridized carbons (Fsp3) is 0.278. The summed E-state index contributed by atoms with van der Waals surface area (Å²) in [4.78, 5) is 4.27. The zero-order valence-corrected chi connectivity index (χ0v) is 17.2. The van der Waals surface area contributed by atoms with Gasteiger partial charge in [0.15, 0.2) is 17.5 Å². The number of halogens is 2. The molecule has 0 bridgehead atoms. The smallest absolute Gasteiger partial charge is 0.193 e. The lowest BCUT2D eigenvalue weighted by molar-refractivity contribution is 0.181. The van der Waals surface area contributed by atoms with Crippen molar-refractivity contribution in [3.05, 3.63) is 53.3 Å². The van der Waals surface area contributed by atoms with E-state index in [1.807, 2.05) is 0 Å². The Morgan fingerprint density at radius 2 is 1.81 bits per heavy atom. The van der Waals surface area contributed by atoms with Crippen LogP contribution in [-0.2, 0) is 17.9 Å². The van der Waals surface area contributed by atoms with E-state index in [0.717, 1.165) is 11.3 Å².